The standard InChI is InChI=1S/C15H26O/c1-11-7-6-8-15(4,5)12(2)9-14(11)10-13(3)16/h11,14H,2,6-10H2,1,3-5H3. The zero-order chi connectivity index (χ0) is 12.3. The summed E-state index contributed by atoms with van der Waals surface area (Å²) in [7, 11) is 0. The summed E-state index contributed by atoms with van der Waals surface area (Å²) in [4.78, 5) is 11.3. The normalized spacial score (nSPS) is 30.6. The van der Waals surface area contributed by atoms with Crippen LogP contribution in [0, 0.1) is 17.3 Å². The van der Waals surface area contributed by atoms with Crippen LogP contribution >= 0.6 is 0 Å². The van der Waals surface area contributed by atoms with Crippen molar-refractivity contribution in [2.75, 3.05) is 0 Å². The number of rotatable bonds is 2. The molecule has 1 aliphatic rings. The molecule has 0 bridgehead atoms. The quantitative estimate of drug-likeness (QED) is 0.634. The number of carbonyl (C=O) groups excluding carboxylic acids is 1. The van der Waals surface area contributed by atoms with Crippen molar-refractivity contribution in [2.24, 2.45) is 17.3 Å². The summed E-state index contributed by atoms with van der Waals surface area (Å²) < 4.78 is 0. The number of Topliss-reactive ketones (excluding diaryl/α,β-unsaturated/α-hetero) is 1. The average Bonchev–Trinajstić information content (AvgIpc) is 2.14. The number of hydrogen-bond acceptors (Lipinski definition) is 1. The molecule has 0 amide bonds. The largest absolute Gasteiger partial charge is 0.300 e. The molecule has 16 heavy (non-hydrogen) atoms. The summed E-state index contributed by atoms with van der Waals surface area (Å²) in [5.74, 6) is 1.50. The molecular weight excluding hydrogens is 196 g/mol. The van der Waals surface area contributed by atoms with Crippen molar-refractivity contribution < 1.29 is 4.79 Å². The highest BCUT2D eigenvalue weighted by atomic mass is 16.1. The molecule has 0 aromatic heterocycles. The molecule has 1 aliphatic carbocycles. The van der Waals surface area contributed by atoms with E-state index in [1.54, 1.807) is 6.92 Å². The summed E-state index contributed by atoms with van der Waals surface area (Å²) >= 11 is 0. The first-order valence-electron chi connectivity index (χ1n) is 6.50. The average molecular weight is 222 g/mol. The molecule has 1 nitrogen and oxygen atoms in total. The summed E-state index contributed by atoms with van der Waals surface area (Å²) in [5.41, 5.74) is 1.60. The highest BCUT2D eigenvalue weighted by Gasteiger charge is 2.29. The molecule has 0 heterocycles. The first-order valence-corrected chi connectivity index (χ1v) is 6.50. The van der Waals surface area contributed by atoms with Gasteiger partial charge in [-0.05, 0) is 37.0 Å². The van der Waals surface area contributed by atoms with E-state index in [2.05, 4.69) is 27.4 Å². The zero-order valence-corrected chi connectivity index (χ0v) is 11.3. The van der Waals surface area contributed by atoms with Gasteiger partial charge in [0.15, 0.2) is 0 Å². The molecule has 1 saturated carbocycles. The summed E-state index contributed by atoms with van der Waals surface area (Å²) in [6.07, 6.45) is 5.53. The lowest BCUT2D eigenvalue weighted by atomic mass is 9.70. The van der Waals surface area contributed by atoms with E-state index in [1.807, 2.05) is 0 Å². The zero-order valence-electron chi connectivity index (χ0n) is 11.3. The Hall–Kier alpha value is -0.590. The molecule has 0 N–H and O–H groups in total. The molecular formula is C15H26O. The Balaban J connectivity index is 2.75. The number of carbonyl (C=O) groups is 1. The molecule has 0 aliphatic heterocycles. The third kappa shape index (κ3) is 3.47. The molecule has 0 spiro atoms. The van der Waals surface area contributed by atoms with E-state index in [-0.39, 0.29) is 5.41 Å². The van der Waals surface area contributed by atoms with Gasteiger partial charge >= 0.3 is 0 Å². The maximum Gasteiger partial charge on any atom is 0.130 e. The van der Waals surface area contributed by atoms with E-state index in [1.165, 1.54) is 24.8 Å². The summed E-state index contributed by atoms with van der Waals surface area (Å²) in [6.45, 7) is 12.8. The van der Waals surface area contributed by atoms with Crippen molar-refractivity contribution in [3.05, 3.63) is 12.2 Å². The van der Waals surface area contributed by atoms with Crippen molar-refractivity contribution in [1.82, 2.24) is 0 Å². The van der Waals surface area contributed by atoms with Gasteiger partial charge in [-0.2, -0.15) is 0 Å². The molecule has 0 aromatic rings. The minimum atomic E-state index is 0.259. The Kier molecular flexibility index (Phi) is 4.35. The first-order chi connectivity index (χ1) is 7.33. The lowest BCUT2D eigenvalue weighted by Crippen LogP contribution is -2.24. The SMILES string of the molecule is C=C1CC(CC(C)=O)C(C)CCCC1(C)C. The number of ketones is 1. The Morgan fingerprint density at radius 1 is 1.50 bits per heavy atom. The van der Waals surface area contributed by atoms with Crippen molar-refractivity contribution in [3.8, 4) is 0 Å². The summed E-state index contributed by atoms with van der Waals surface area (Å²) in [6, 6.07) is 0. The predicted octanol–water partition coefficient (Wildman–Crippen LogP) is 4.37. The van der Waals surface area contributed by atoms with Crippen LogP contribution < -0.4 is 0 Å². The van der Waals surface area contributed by atoms with E-state index in [9.17, 15) is 4.79 Å². The molecule has 0 aromatic carbocycles. The van der Waals surface area contributed by atoms with Crippen LogP contribution in [-0.4, -0.2) is 5.78 Å². The minimum absolute atomic E-state index is 0.259. The van der Waals surface area contributed by atoms with Crippen molar-refractivity contribution in [3.63, 3.8) is 0 Å². The molecule has 2 unspecified atom stereocenters. The van der Waals surface area contributed by atoms with Crippen LogP contribution in [0.3, 0.4) is 0 Å². The number of allylic oxidation sites excluding steroid dienone is 1. The second-order valence-electron chi connectivity index (χ2n) is 6.23. The molecule has 0 radical (unpaired) electrons. The van der Waals surface area contributed by atoms with Crippen molar-refractivity contribution in [1.29, 1.82) is 0 Å². The third-order valence-corrected chi connectivity index (χ3v) is 4.28. The second-order valence-corrected chi connectivity index (χ2v) is 6.23. The minimum Gasteiger partial charge on any atom is -0.300 e. The first kappa shape index (κ1) is 13.5. The summed E-state index contributed by atoms with van der Waals surface area (Å²) in [5, 5.41) is 0. The Labute approximate surface area is 100 Å². The highest BCUT2D eigenvalue weighted by molar-refractivity contribution is 5.75. The van der Waals surface area contributed by atoms with Gasteiger partial charge < -0.3 is 4.79 Å². The Morgan fingerprint density at radius 3 is 2.69 bits per heavy atom. The van der Waals surface area contributed by atoms with E-state index in [0.717, 1.165) is 12.8 Å². The van der Waals surface area contributed by atoms with Gasteiger partial charge in [0.25, 0.3) is 0 Å². The van der Waals surface area contributed by atoms with Gasteiger partial charge in [0.1, 0.15) is 5.78 Å². The van der Waals surface area contributed by atoms with Gasteiger partial charge in [0.2, 0.25) is 0 Å². The van der Waals surface area contributed by atoms with Gasteiger partial charge in [0.05, 0.1) is 0 Å². The topological polar surface area (TPSA) is 17.1 Å². The fourth-order valence-corrected chi connectivity index (χ4v) is 2.72. The maximum absolute atomic E-state index is 11.3. The molecule has 0 saturated heterocycles. The van der Waals surface area contributed by atoms with E-state index >= 15 is 0 Å². The van der Waals surface area contributed by atoms with Gasteiger partial charge in [0, 0.05) is 6.42 Å². The van der Waals surface area contributed by atoms with E-state index < -0.39 is 0 Å². The maximum atomic E-state index is 11.3. The molecule has 1 fully saturated rings. The second kappa shape index (κ2) is 5.16. The predicted molar refractivity (Wildman–Crippen MR) is 69.3 cm³/mol. The van der Waals surface area contributed by atoms with E-state index in [4.69, 9.17) is 0 Å². The van der Waals surface area contributed by atoms with Crippen LogP contribution in [0.2, 0.25) is 0 Å². The molecule has 1 rings (SSSR count). The van der Waals surface area contributed by atoms with Gasteiger partial charge in [-0.15, -0.1) is 0 Å². The lowest BCUT2D eigenvalue weighted by Gasteiger charge is -2.35. The van der Waals surface area contributed by atoms with Crippen LogP contribution in [0.25, 0.3) is 0 Å². The molecule has 1 heteroatoms. The fraction of sp³-hybridized carbons (Fsp3) is 0.800. The third-order valence-electron chi connectivity index (χ3n) is 4.28. The van der Waals surface area contributed by atoms with Crippen molar-refractivity contribution >= 4 is 5.78 Å². The van der Waals surface area contributed by atoms with Crippen LogP contribution in [0.1, 0.15) is 59.8 Å². The van der Waals surface area contributed by atoms with Crippen LogP contribution in [0.4, 0.5) is 0 Å². The van der Waals surface area contributed by atoms with Gasteiger partial charge in [-0.1, -0.05) is 45.8 Å². The molecule has 92 valence electrons. The van der Waals surface area contributed by atoms with Crippen molar-refractivity contribution in [2.45, 2.75) is 59.8 Å². The van der Waals surface area contributed by atoms with Gasteiger partial charge in [-0.25, -0.2) is 0 Å². The highest BCUT2D eigenvalue weighted by Crippen LogP contribution is 2.41. The number of hydrogen-bond donors (Lipinski definition) is 0. The van der Waals surface area contributed by atoms with Gasteiger partial charge in [-0.3, -0.25) is 0 Å². The lowest BCUT2D eigenvalue weighted by molar-refractivity contribution is -0.118. The van der Waals surface area contributed by atoms with Crippen LogP contribution in [0.5, 0.6) is 0 Å². The Morgan fingerprint density at radius 2 is 2.12 bits per heavy atom. The van der Waals surface area contributed by atoms with Crippen LogP contribution in [0.15, 0.2) is 12.2 Å². The smallest absolute Gasteiger partial charge is 0.130 e. The van der Waals surface area contributed by atoms with E-state index in [0.29, 0.717) is 17.6 Å². The Bertz CT molecular complexity index is 275. The monoisotopic (exact) mass is 222 g/mol. The molecule has 2 atom stereocenters. The van der Waals surface area contributed by atoms with Crippen LogP contribution in [-0.2, 0) is 4.79 Å². The fourth-order valence-electron chi connectivity index (χ4n) is 2.72.